The maximum atomic E-state index is 4.35. The smallest absolute Gasteiger partial charge is 0.0876 e. The molecule has 106 valence electrons. The first-order chi connectivity index (χ1) is 9.93. The molecule has 1 N–H and O–H groups in total. The van der Waals surface area contributed by atoms with E-state index in [1.54, 1.807) is 0 Å². The molecule has 1 aliphatic rings. The summed E-state index contributed by atoms with van der Waals surface area (Å²) in [5.41, 5.74) is 2.33. The molecule has 1 aliphatic carbocycles. The largest absolute Gasteiger partial charge is 0.381 e. The minimum Gasteiger partial charge on any atom is -0.381 e. The van der Waals surface area contributed by atoms with Crippen molar-refractivity contribution in [1.82, 2.24) is 9.78 Å². The van der Waals surface area contributed by atoms with Crippen molar-refractivity contribution in [3.8, 4) is 5.69 Å². The van der Waals surface area contributed by atoms with Crippen LogP contribution in [0.3, 0.4) is 0 Å². The fraction of sp³-hybridized carbons (Fsp3) is 0.471. The maximum Gasteiger partial charge on any atom is 0.0876 e. The van der Waals surface area contributed by atoms with Crippen molar-refractivity contribution < 1.29 is 0 Å². The van der Waals surface area contributed by atoms with E-state index in [4.69, 9.17) is 0 Å². The normalized spacial score (nSPS) is 17.4. The summed E-state index contributed by atoms with van der Waals surface area (Å²) >= 11 is 0. The van der Waals surface area contributed by atoms with Gasteiger partial charge in [-0.3, -0.25) is 0 Å². The van der Waals surface area contributed by atoms with Crippen molar-refractivity contribution in [2.75, 3.05) is 5.32 Å². The highest BCUT2D eigenvalue weighted by Crippen LogP contribution is 2.24. The number of para-hydroxylation sites is 2. The molecule has 3 rings (SSSR count). The lowest BCUT2D eigenvalue weighted by Gasteiger charge is -2.23. The minimum absolute atomic E-state index is 0.604. The van der Waals surface area contributed by atoms with Gasteiger partial charge in [-0.25, -0.2) is 4.68 Å². The lowest BCUT2D eigenvalue weighted by Crippen LogP contribution is -2.21. The van der Waals surface area contributed by atoms with Crippen LogP contribution in [-0.2, 0) is 0 Å². The summed E-state index contributed by atoms with van der Waals surface area (Å²) in [4.78, 5) is 0. The molecule has 2 aromatic rings. The number of benzene rings is 1. The van der Waals surface area contributed by atoms with Crippen LogP contribution in [0.4, 0.5) is 5.69 Å². The maximum absolute atomic E-state index is 4.35. The zero-order valence-corrected chi connectivity index (χ0v) is 12.0. The average molecular weight is 269 g/mol. The second kappa shape index (κ2) is 6.60. The van der Waals surface area contributed by atoms with Crippen molar-refractivity contribution in [1.29, 1.82) is 0 Å². The number of anilines is 1. The van der Waals surface area contributed by atoms with Crippen molar-refractivity contribution in [3.63, 3.8) is 0 Å². The number of nitrogens with zero attached hydrogens (tertiary/aromatic N) is 2. The first-order valence-electron chi connectivity index (χ1n) is 7.79. The van der Waals surface area contributed by atoms with Gasteiger partial charge in [-0.15, -0.1) is 0 Å². The molecule has 0 aliphatic heterocycles. The fourth-order valence-corrected chi connectivity index (χ4v) is 3.03. The zero-order valence-electron chi connectivity index (χ0n) is 12.0. The molecule has 0 unspecified atom stereocenters. The number of hydrogen-bond donors (Lipinski definition) is 1. The Morgan fingerprint density at radius 3 is 2.45 bits per heavy atom. The summed E-state index contributed by atoms with van der Waals surface area (Å²) < 4.78 is 1.94. The van der Waals surface area contributed by atoms with E-state index < -0.39 is 0 Å². The van der Waals surface area contributed by atoms with Crippen LogP contribution in [-0.4, -0.2) is 15.8 Å². The van der Waals surface area contributed by atoms with Gasteiger partial charge in [-0.2, -0.15) is 5.10 Å². The van der Waals surface area contributed by atoms with Gasteiger partial charge in [-0.05, 0) is 31.0 Å². The van der Waals surface area contributed by atoms with Gasteiger partial charge in [-0.1, -0.05) is 44.2 Å². The van der Waals surface area contributed by atoms with E-state index in [2.05, 4.69) is 34.7 Å². The summed E-state index contributed by atoms with van der Waals surface area (Å²) in [6, 6.07) is 11.0. The molecular formula is C17H23N3. The SMILES string of the molecule is c1ccc(-n2cccn2)c(NC2CCCCCCC2)c1. The number of hydrogen-bond acceptors (Lipinski definition) is 2. The molecule has 0 amide bonds. The number of rotatable bonds is 3. The fourth-order valence-electron chi connectivity index (χ4n) is 3.03. The number of aromatic nitrogens is 2. The molecular weight excluding hydrogens is 246 g/mol. The van der Waals surface area contributed by atoms with E-state index in [0.29, 0.717) is 6.04 Å². The highest BCUT2D eigenvalue weighted by molar-refractivity contribution is 5.61. The Hall–Kier alpha value is -1.77. The van der Waals surface area contributed by atoms with Crippen molar-refractivity contribution >= 4 is 5.69 Å². The third-order valence-electron chi connectivity index (χ3n) is 4.12. The average Bonchev–Trinajstić information content (AvgIpc) is 2.96. The molecule has 1 heterocycles. The van der Waals surface area contributed by atoms with Gasteiger partial charge in [0.15, 0.2) is 0 Å². The molecule has 1 aromatic carbocycles. The van der Waals surface area contributed by atoms with Gasteiger partial charge in [0.25, 0.3) is 0 Å². The van der Waals surface area contributed by atoms with Gasteiger partial charge in [0.2, 0.25) is 0 Å². The lowest BCUT2D eigenvalue weighted by molar-refractivity contribution is 0.471. The van der Waals surface area contributed by atoms with E-state index in [-0.39, 0.29) is 0 Å². The first kappa shape index (κ1) is 13.2. The van der Waals surface area contributed by atoms with Crippen LogP contribution in [0.5, 0.6) is 0 Å². The van der Waals surface area contributed by atoms with Gasteiger partial charge in [0.05, 0.1) is 11.4 Å². The quantitative estimate of drug-likeness (QED) is 0.895. The Morgan fingerprint density at radius 2 is 1.70 bits per heavy atom. The van der Waals surface area contributed by atoms with Gasteiger partial charge >= 0.3 is 0 Å². The molecule has 1 saturated carbocycles. The molecule has 1 fully saturated rings. The summed E-state index contributed by atoms with van der Waals surface area (Å²) in [5.74, 6) is 0. The Morgan fingerprint density at radius 1 is 0.950 bits per heavy atom. The van der Waals surface area contributed by atoms with E-state index >= 15 is 0 Å². The molecule has 3 heteroatoms. The molecule has 0 radical (unpaired) electrons. The molecule has 0 spiro atoms. The molecule has 0 atom stereocenters. The van der Waals surface area contributed by atoms with Crippen LogP contribution < -0.4 is 5.32 Å². The van der Waals surface area contributed by atoms with E-state index in [0.717, 1.165) is 5.69 Å². The molecule has 0 saturated heterocycles. The third kappa shape index (κ3) is 3.21. The predicted octanol–water partition coefficient (Wildman–Crippen LogP) is 4.40. The summed E-state index contributed by atoms with van der Waals surface area (Å²) in [7, 11) is 0. The van der Waals surface area contributed by atoms with E-state index in [1.807, 2.05) is 23.1 Å². The third-order valence-corrected chi connectivity index (χ3v) is 4.12. The van der Waals surface area contributed by atoms with E-state index in [1.165, 1.54) is 50.6 Å². The van der Waals surface area contributed by atoms with Gasteiger partial charge in [0, 0.05) is 18.4 Å². The monoisotopic (exact) mass is 269 g/mol. The highest BCUT2D eigenvalue weighted by atomic mass is 15.3. The standard InChI is InChI=1S/C17H23N3/c1-2-4-9-15(10-5-3-1)19-16-11-6-7-12-17(16)20-14-8-13-18-20/h6-8,11-15,19H,1-5,9-10H2. The molecule has 20 heavy (non-hydrogen) atoms. The van der Waals surface area contributed by atoms with E-state index in [9.17, 15) is 0 Å². The van der Waals surface area contributed by atoms with Crippen molar-refractivity contribution in [2.45, 2.75) is 51.0 Å². The van der Waals surface area contributed by atoms with Crippen LogP contribution >= 0.6 is 0 Å². The summed E-state index contributed by atoms with van der Waals surface area (Å²) in [5, 5.41) is 8.10. The van der Waals surface area contributed by atoms with Gasteiger partial charge in [0.1, 0.15) is 0 Å². The molecule has 0 bridgehead atoms. The Bertz CT molecular complexity index is 511. The Balaban J connectivity index is 1.76. The van der Waals surface area contributed by atoms with Crippen LogP contribution in [0, 0.1) is 0 Å². The molecule has 1 aromatic heterocycles. The van der Waals surface area contributed by atoms with Crippen LogP contribution in [0.15, 0.2) is 42.7 Å². The summed E-state index contributed by atoms with van der Waals surface area (Å²) in [6.07, 6.45) is 13.3. The van der Waals surface area contributed by atoms with Crippen molar-refractivity contribution in [3.05, 3.63) is 42.7 Å². The first-order valence-corrected chi connectivity index (χ1v) is 7.79. The lowest BCUT2D eigenvalue weighted by atomic mass is 9.96. The van der Waals surface area contributed by atoms with Crippen LogP contribution in [0.2, 0.25) is 0 Å². The second-order valence-corrected chi connectivity index (χ2v) is 5.65. The minimum atomic E-state index is 0.604. The van der Waals surface area contributed by atoms with Gasteiger partial charge < -0.3 is 5.32 Å². The zero-order chi connectivity index (χ0) is 13.6. The second-order valence-electron chi connectivity index (χ2n) is 5.65. The Kier molecular flexibility index (Phi) is 4.36. The molecule has 3 nitrogen and oxygen atoms in total. The summed E-state index contributed by atoms with van der Waals surface area (Å²) in [6.45, 7) is 0. The highest BCUT2D eigenvalue weighted by Gasteiger charge is 2.13. The Labute approximate surface area is 121 Å². The van der Waals surface area contributed by atoms with Crippen LogP contribution in [0.1, 0.15) is 44.9 Å². The number of nitrogens with one attached hydrogen (secondary N) is 1. The van der Waals surface area contributed by atoms with Crippen molar-refractivity contribution in [2.24, 2.45) is 0 Å². The van der Waals surface area contributed by atoms with Crippen LogP contribution in [0.25, 0.3) is 5.69 Å². The topological polar surface area (TPSA) is 29.9 Å². The predicted molar refractivity (Wildman–Crippen MR) is 83.3 cm³/mol.